The van der Waals surface area contributed by atoms with Crippen LogP contribution in [0.15, 0.2) is 0 Å². The molecule has 1 fully saturated rings. The van der Waals surface area contributed by atoms with Crippen LogP contribution in [0.1, 0.15) is 27.2 Å². The molecule has 0 aromatic carbocycles. The van der Waals surface area contributed by atoms with Crippen LogP contribution in [0.2, 0.25) is 0 Å². The van der Waals surface area contributed by atoms with Crippen LogP contribution in [0.3, 0.4) is 0 Å². The highest BCUT2D eigenvalue weighted by atomic mass is 35.5. The Labute approximate surface area is 97.5 Å². The minimum atomic E-state index is -0.405. The number of ether oxygens (including phenoxy) is 1. The molecule has 5 heteroatoms. The molecule has 1 heterocycles. The first-order chi connectivity index (χ1) is 6.54. The van der Waals surface area contributed by atoms with Gasteiger partial charge in [0.2, 0.25) is 5.91 Å². The number of carbonyl (C=O) groups excluding carboxylic acids is 1. The van der Waals surface area contributed by atoms with Crippen LogP contribution >= 0.6 is 12.4 Å². The lowest BCUT2D eigenvalue weighted by molar-refractivity contribution is -0.145. The third-order valence-corrected chi connectivity index (χ3v) is 2.48. The Kier molecular flexibility index (Phi) is 6.17. The lowest BCUT2D eigenvalue weighted by Crippen LogP contribution is -2.52. The second-order valence-electron chi connectivity index (χ2n) is 4.01. The van der Waals surface area contributed by atoms with Crippen LogP contribution in [0.4, 0.5) is 0 Å². The van der Waals surface area contributed by atoms with Gasteiger partial charge < -0.3 is 15.4 Å². The normalized spacial score (nSPS) is 28.1. The molecule has 1 rings (SSSR count). The van der Waals surface area contributed by atoms with Crippen molar-refractivity contribution in [2.75, 3.05) is 13.1 Å². The minimum Gasteiger partial charge on any atom is -0.372 e. The fraction of sp³-hybridized carbons (Fsp3) is 0.900. The van der Waals surface area contributed by atoms with E-state index in [1.54, 1.807) is 6.92 Å². The van der Waals surface area contributed by atoms with Gasteiger partial charge in [-0.1, -0.05) is 6.92 Å². The van der Waals surface area contributed by atoms with Crippen molar-refractivity contribution in [3.63, 3.8) is 0 Å². The van der Waals surface area contributed by atoms with Gasteiger partial charge >= 0.3 is 0 Å². The summed E-state index contributed by atoms with van der Waals surface area (Å²) in [5, 5.41) is 0. The second kappa shape index (κ2) is 6.30. The third kappa shape index (κ3) is 3.97. The number of nitrogens with zero attached hydrogens (tertiary/aromatic N) is 1. The minimum absolute atomic E-state index is 0. The molecule has 0 aromatic rings. The van der Waals surface area contributed by atoms with Gasteiger partial charge in [0.05, 0.1) is 18.2 Å². The zero-order valence-electron chi connectivity index (χ0n) is 9.60. The van der Waals surface area contributed by atoms with E-state index in [9.17, 15) is 4.79 Å². The van der Waals surface area contributed by atoms with Gasteiger partial charge in [-0.25, -0.2) is 0 Å². The summed E-state index contributed by atoms with van der Waals surface area (Å²) in [5.74, 6) is 0.0265. The molecule has 0 bridgehead atoms. The molecule has 1 aliphatic heterocycles. The molecule has 0 aliphatic carbocycles. The predicted molar refractivity (Wildman–Crippen MR) is 62.1 cm³/mol. The molecule has 1 amide bonds. The second-order valence-corrected chi connectivity index (χ2v) is 4.01. The van der Waals surface area contributed by atoms with E-state index in [1.165, 1.54) is 0 Å². The number of rotatable bonds is 2. The molecular weight excluding hydrogens is 216 g/mol. The van der Waals surface area contributed by atoms with Crippen LogP contribution < -0.4 is 5.73 Å². The fourth-order valence-electron chi connectivity index (χ4n) is 1.74. The Morgan fingerprint density at radius 2 is 2.20 bits per heavy atom. The lowest BCUT2D eigenvalue weighted by atomic mass is 10.1. The largest absolute Gasteiger partial charge is 0.372 e. The first-order valence-corrected chi connectivity index (χ1v) is 5.24. The number of hydrogen-bond donors (Lipinski definition) is 1. The van der Waals surface area contributed by atoms with Crippen molar-refractivity contribution in [1.29, 1.82) is 0 Å². The highest BCUT2D eigenvalue weighted by molar-refractivity contribution is 5.85. The zero-order valence-corrected chi connectivity index (χ0v) is 10.4. The van der Waals surface area contributed by atoms with Crippen LogP contribution in [-0.4, -0.2) is 42.1 Å². The first kappa shape index (κ1) is 14.7. The zero-order chi connectivity index (χ0) is 10.7. The average Bonchev–Trinajstić information content (AvgIpc) is 2.15. The summed E-state index contributed by atoms with van der Waals surface area (Å²) in [5.41, 5.74) is 5.57. The van der Waals surface area contributed by atoms with Crippen molar-refractivity contribution < 1.29 is 9.53 Å². The monoisotopic (exact) mass is 236 g/mol. The van der Waals surface area contributed by atoms with Gasteiger partial charge in [-0.2, -0.15) is 0 Å². The van der Waals surface area contributed by atoms with E-state index in [1.807, 2.05) is 11.8 Å². The van der Waals surface area contributed by atoms with Gasteiger partial charge in [0, 0.05) is 13.1 Å². The Morgan fingerprint density at radius 3 is 2.67 bits per heavy atom. The summed E-state index contributed by atoms with van der Waals surface area (Å²) in [6, 6.07) is -0.405. The van der Waals surface area contributed by atoms with Gasteiger partial charge in [0.15, 0.2) is 0 Å². The highest BCUT2D eigenvalue weighted by Gasteiger charge is 2.28. The molecule has 0 spiro atoms. The summed E-state index contributed by atoms with van der Waals surface area (Å²) >= 11 is 0. The van der Waals surface area contributed by atoms with Crippen molar-refractivity contribution in [2.45, 2.75) is 45.4 Å². The summed E-state index contributed by atoms with van der Waals surface area (Å²) in [4.78, 5) is 13.5. The molecule has 0 saturated carbocycles. The molecule has 0 radical (unpaired) electrons. The third-order valence-electron chi connectivity index (χ3n) is 2.48. The number of halogens is 1. The Hall–Kier alpha value is -0.320. The summed E-state index contributed by atoms with van der Waals surface area (Å²) in [6.07, 6.45) is 1.23. The highest BCUT2D eigenvalue weighted by Crippen LogP contribution is 2.13. The average molecular weight is 237 g/mol. The number of morpholine rings is 1. The fourth-order valence-corrected chi connectivity index (χ4v) is 1.74. The van der Waals surface area contributed by atoms with Crippen LogP contribution in [0.25, 0.3) is 0 Å². The van der Waals surface area contributed by atoms with Crippen molar-refractivity contribution in [1.82, 2.24) is 4.90 Å². The Balaban J connectivity index is 0.00000196. The van der Waals surface area contributed by atoms with Gasteiger partial charge in [-0.15, -0.1) is 12.4 Å². The SMILES string of the molecule is CCC1CN(C(=O)[C@H](C)N)CC(C)O1.Cl. The maximum atomic E-state index is 11.7. The molecule has 1 saturated heterocycles. The van der Waals surface area contributed by atoms with Crippen LogP contribution in [0, 0.1) is 0 Å². The van der Waals surface area contributed by atoms with E-state index in [2.05, 4.69) is 6.92 Å². The van der Waals surface area contributed by atoms with Gasteiger partial charge in [0.25, 0.3) is 0 Å². The maximum absolute atomic E-state index is 11.7. The lowest BCUT2D eigenvalue weighted by Gasteiger charge is -2.37. The number of amides is 1. The quantitative estimate of drug-likeness (QED) is 0.771. The molecule has 0 aromatic heterocycles. The predicted octanol–water partition coefficient (Wildman–Crippen LogP) is 0.781. The first-order valence-electron chi connectivity index (χ1n) is 5.24. The number of hydrogen-bond acceptors (Lipinski definition) is 3. The molecule has 15 heavy (non-hydrogen) atoms. The van der Waals surface area contributed by atoms with Gasteiger partial charge in [-0.05, 0) is 20.3 Å². The van der Waals surface area contributed by atoms with E-state index in [4.69, 9.17) is 10.5 Å². The van der Waals surface area contributed by atoms with E-state index >= 15 is 0 Å². The van der Waals surface area contributed by atoms with E-state index < -0.39 is 6.04 Å². The standard InChI is InChI=1S/C10H20N2O2.ClH/c1-4-9-6-12(5-7(2)14-9)10(13)8(3)11;/h7-9H,4-6,11H2,1-3H3;1H/t7?,8-,9?;/m0./s1. The topological polar surface area (TPSA) is 55.6 Å². The van der Waals surface area contributed by atoms with Gasteiger partial charge in [-0.3, -0.25) is 4.79 Å². The van der Waals surface area contributed by atoms with Crippen LogP contribution in [0.5, 0.6) is 0 Å². The smallest absolute Gasteiger partial charge is 0.239 e. The van der Waals surface area contributed by atoms with Crippen molar-refractivity contribution in [2.24, 2.45) is 5.73 Å². The van der Waals surface area contributed by atoms with Crippen molar-refractivity contribution in [3.8, 4) is 0 Å². The summed E-state index contributed by atoms with van der Waals surface area (Å²) in [7, 11) is 0. The number of nitrogens with two attached hydrogens (primary N) is 1. The number of carbonyl (C=O) groups is 1. The molecular formula is C10H21ClN2O2. The summed E-state index contributed by atoms with van der Waals surface area (Å²) < 4.78 is 5.66. The summed E-state index contributed by atoms with van der Waals surface area (Å²) in [6.45, 7) is 7.13. The van der Waals surface area contributed by atoms with Crippen molar-refractivity contribution in [3.05, 3.63) is 0 Å². The van der Waals surface area contributed by atoms with Gasteiger partial charge in [0.1, 0.15) is 0 Å². The molecule has 2 N–H and O–H groups in total. The molecule has 2 unspecified atom stereocenters. The molecule has 1 aliphatic rings. The molecule has 4 nitrogen and oxygen atoms in total. The van der Waals surface area contributed by atoms with Crippen LogP contribution in [-0.2, 0) is 9.53 Å². The van der Waals surface area contributed by atoms with E-state index in [0.29, 0.717) is 13.1 Å². The van der Waals surface area contributed by atoms with Crippen molar-refractivity contribution >= 4 is 18.3 Å². The maximum Gasteiger partial charge on any atom is 0.239 e. The molecule has 3 atom stereocenters. The van der Waals surface area contributed by atoms with E-state index in [0.717, 1.165) is 6.42 Å². The molecule has 90 valence electrons. The van der Waals surface area contributed by atoms with E-state index in [-0.39, 0.29) is 30.5 Å². The Morgan fingerprint density at radius 1 is 1.60 bits per heavy atom. The Bertz CT molecular complexity index is 212.